The van der Waals surface area contributed by atoms with Gasteiger partial charge in [0, 0.05) is 33.7 Å². The number of fused-ring (bicyclic) bond motifs is 1. The van der Waals surface area contributed by atoms with Crippen molar-refractivity contribution in [2.45, 2.75) is 12.8 Å². The van der Waals surface area contributed by atoms with Gasteiger partial charge in [0.2, 0.25) is 23.2 Å². The molecule has 2 aliphatic rings. The Labute approximate surface area is 173 Å². The van der Waals surface area contributed by atoms with Gasteiger partial charge in [-0.05, 0) is 44.1 Å². The molecule has 1 aromatic heterocycles. The maximum atomic E-state index is 12.7. The fourth-order valence-corrected chi connectivity index (χ4v) is 4.61. The molecule has 0 bridgehead atoms. The van der Waals surface area contributed by atoms with Crippen molar-refractivity contribution in [1.82, 2.24) is 15.2 Å². The van der Waals surface area contributed by atoms with Crippen molar-refractivity contribution in [3.05, 3.63) is 50.4 Å². The zero-order valence-corrected chi connectivity index (χ0v) is 17.6. The molecule has 27 heavy (non-hydrogen) atoms. The van der Waals surface area contributed by atoms with E-state index in [1.807, 2.05) is 18.2 Å². The largest absolute Gasteiger partial charge is 0.432 e. The van der Waals surface area contributed by atoms with Gasteiger partial charge in [0.05, 0.1) is 5.70 Å². The molecule has 0 spiro atoms. The van der Waals surface area contributed by atoms with E-state index in [9.17, 15) is 9.59 Å². The van der Waals surface area contributed by atoms with Crippen molar-refractivity contribution in [3.8, 4) is 11.5 Å². The number of aromatic nitrogens is 1. The van der Waals surface area contributed by atoms with Crippen LogP contribution >= 0.6 is 31.9 Å². The molecule has 1 aliphatic heterocycles. The van der Waals surface area contributed by atoms with Crippen molar-refractivity contribution in [3.63, 3.8) is 0 Å². The van der Waals surface area contributed by atoms with Crippen molar-refractivity contribution < 1.29 is 14.0 Å². The lowest BCUT2D eigenvalue weighted by molar-refractivity contribution is 0.0956. The highest BCUT2D eigenvalue weighted by Gasteiger charge is 2.32. The fraction of sp³-hybridized carbons (Fsp3) is 0.316. The summed E-state index contributed by atoms with van der Waals surface area (Å²) < 4.78 is 7.35. The molecule has 0 unspecified atom stereocenters. The molecule has 1 aromatic carbocycles. The number of halogens is 2. The number of hydrogen-bond acceptors (Lipinski definition) is 6. The number of hydrogen-bond donors (Lipinski definition) is 1. The minimum Gasteiger partial charge on any atom is -0.432 e. The second kappa shape index (κ2) is 7.69. The van der Waals surface area contributed by atoms with E-state index in [0.717, 1.165) is 28.6 Å². The standard InChI is InChI=1S/C19H17Br2N3O3/c20-12-7-11(8-13(21)9-12)19-23-16-15(25)10-14(17(26)18(16)27-19)22-3-6-24-4-1-2-5-24/h7-10,22H,1-6H2. The van der Waals surface area contributed by atoms with Crippen molar-refractivity contribution in [1.29, 1.82) is 0 Å². The molecule has 0 saturated carbocycles. The lowest BCUT2D eigenvalue weighted by Crippen LogP contribution is -2.33. The smallest absolute Gasteiger partial charge is 0.246 e. The third-order valence-electron chi connectivity index (χ3n) is 4.64. The Bertz CT molecular complexity index is 925. The topological polar surface area (TPSA) is 75.4 Å². The van der Waals surface area contributed by atoms with Crippen molar-refractivity contribution in [2.24, 2.45) is 0 Å². The van der Waals surface area contributed by atoms with Gasteiger partial charge in [0.25, 0.3) is 0 Å². The Balaban J connectivity index is 1.53. The number of nitrogens with one attached hydrogen (secondary N) is 1. The first-order valence-electron chi connectivity index (χ1n) is 8.75. The third kappa shape index (κ3) is 3.93. The van der Waals surface area contributed by atoms with Crippen LogP contribution in [-0.2, 0) is 0 Å². The number of nitrogens with zero attached hydrogens (tertiary/aromatic N) is 2. The minimum atomic E-state index is -0.334. The molecule has 0 amide bonds. The predicted molar refractivity (Wildman–Crippen MR) is 108 cm³/mol. The van der Waals surface area contributed by atoms with E-state index in [-0.39, 0.29) is 34.6 Å². The number of likely N-dealkylation sites (tertiary alicyclic amines) is 1. The average molecular weight is 495 g/mol. The monoisotopic (exact) mass is 493 g/mol. The van der Waals surface area contributed by atoms with Gasteiger partial charge in [-0.1, -0.05) is 31.9 Å². The Hall–Kier alpha value is -1.77. The first kappa shape index (κ1) is 18.6. The van der Waals surface area contributed by atoms with E-state index in [0.29, 0.717) is 12.1 Å². The van der Waals surface area contributed by atoms with E-state index < -0.39 is 0 Å². The number of carbonyl (C=O) groups excluding carboxylic acids is 2. The third-order valence-corrected chi connectivity index (χ3v) is 5.55. The average Bonchev–Trinajstić information content (AvgIpc) is 3.28. The summed E-state index contributed by atoms with van der Waals surface area (Å²) in [4.78, 5) is 31.7. The molecule has 140 valence electrons. The number of ketones is 2. The Morgan fingerprint density at radius 3 is 2.52 bits per heavy atom. The Kier molecular flexibility index (Phi) is 5.29. The van der Waals surface area contributed by atoms with Gasteiger partial charge in [-0.2, -0.15) is 0 Å². The normalized spacial score (nSPS) is 17.2. The van der Waals surface area contributed by atoms with Gasteiger partial charge in [0.1, 0.15) is 0 Å². The number of rotatable bonds is 5. The molecule has 0 radical (unpaired) electrons. The lowest BCUT2D eigenvalue weighted by Gasteiger charge is -2.17. The van der Waals surface area contributed by atoms with Crippen LogP contribution in [0.4, 0.5) is 0 Å². The maximum absolute atomic E-state index is 12.7. The summed E-state index contributed by atoms with van der Waals surface area (Å²) in [5.41, 5.74) is 1.01. The quantitative estimate of drug-likeness (QED) is 0.681. The van der Waals surface area contributed by atoms with Crippen LogP contribution in [0.1, 0.15) is 33.9 Å². The molecule has 6 nitrogen and oxygen atoms in total. The summed E-state index contributed by atoms with van der Waals surface area (Å²) in [6, 6.07) is 5.52. The first-order valence-corrected chi connectivity index (χ1v) is 10.3. The highest BCUT2D eigenvalue weighted by atomic mass is 79.9. The van der Waals surface area contributed by atoms with Crippen LogP contribution in [0.3, 0.4) is 0 Å². The molecule has 0 atom stereocenters. The van der Waals surface area contributed by atoms with E-state index in [4.69, 9.17) is 4.42 Å². The van der Waals surface area contributed by atoms with Gasteiger partial charge < -0.3 is 14.6 Å². The molecule has 4 rings (SSSR count). The summed E-state index contributed by atoms with van der Waals surface area (Å²) in [7, 11) is 0. The molecule has 2 heterocycles. The summed E-state index contributed by atoms with van der Waals surface area (Å²) in [5, 5.41) is 3.08. The molecular weight excluding hydrogens is 478 g/mol. The Morgan fingerprint density at radius 2 is 1.81 bits per heavy atom. The number of oxazole rings is 1. The highest BCUT2D eigenvalue weighted by molar-refractivity contribution is 9.11. The zero-order chi connectivity index (χ0) is 19.0. The number of allylic oxidation sites excluding steroid dienone is 2. The van der Waals surface area contributed by atoms with Crippen LogP contribution in [0.25, 0.3) is 11.5 Å². The highest BCUT2D eigenvalue weighted by Crippen LogP contribution is 2.30. The SMILES string of the molecule is O=C1C=C(NCCN2CCCC2)C(=O)c2oc(-c3cc(Br)cc(Br)c3)nc21. The molecule has 2 aromatic rings. The number of benzene rings is 1. The molecule has 8 heteroatoms. The summed E-state index contributed by atoms with van der Waals surface area (Å²) in [5.74, 6) is -0.413. The predicted octanol–water partition coefficient (Wildman–Crippen LogP) is 3.81. The number of Topliss-reactive ketones (excluding diaryl/α,β-unsaturated/α-hetero) is 1. The van der Waals surface area contributed by atoms with E-state index in [1.54, 1.807) is 0 Å². The number of carbonyl (C=O) groups is 2. The van der Waals surface area contributed by atoms with E-state index >= 15 is 0 Å². The van der Waals surface area contributed by atoms with Gasteiger partial charge in [0.15, 0.2) is 5.69 Å². The van der Waals surface area contributed by atoms with Gasteiger partial charge in [-0.3, -0.25) is 9.59 Å². The van der Waals surface area contributed by atoms with Crippen LogP contribution in [0.5, 0.6) is 0 Å². The summed E-state index contributed by atoms with van der Waals surface area (Å²) in [6.45, 7) is 3.63. The zero-order valence-electron chi connectivity index (χ0n) is 14.4. The fourth-order valence-electron chi connectivity index (χ4n) is 3.32. The lowest BCUT2D eigenvalue weighted by atomic mass is 10.0. The first-order chi connectivity index (χ1) is 13.0. The van der Waals surface area contributed by atoms with Gasteiger partial charge >= 0.3 is 0 Å². The second-order valence-corrected chi connectivity index (χ2v) is 8.41. The summed E-state index contributed by atoms with van der Waals surface area (Å²) in [6.07, 6.45) is 3.75. The molecular formula is C19H17Br2N3O3. The molecule has 1 N–H and O–H groups in total. The van der Waals surface area contributed by atoms with Crippen LogP contribution in [0.2, 0.25) is 0 Å². The summed E-state index contributed by atoms with van der Waals surface area (Å²) >= 11 is 6.83. The van der Waals surface area contributed by atoms with Crippen LogP contribution in [0, 0.1) is 0 Å². The second-order valence-electron chi connectivity index (χ2n) is 6.58. The van der Waals surface area contributed by atoms with Gasteiger partial charge in [-0.25, -0.2) is 4.98 Å². The Morgan fingerprint density at radius 1 is 1.11 bits per heavy atom. The van der Waals surface area contributed by atoms with E-state index in [2.05, 4.69) is 47.1 Å². The van der Waals surface area contributed by atoms with Crippen molar-refractivity contribution >= 4 is 43.4 Å². The van der Waals surface area contributed by atoms with Crippen LogP contribution < -0.4 is 5.32 Å². The van der Waals surface area contributed by atoms with Crippen LogP contribution in [0.15, 0.2) is 43.3 Å². The van der Waals surface area contributed by atoms with Crippen LogP contribution in [-0.4, -0.2) is 47.6 Å². The molecule has 1 aliphatic carbocycles. The molecule has 1 saturated heterocycles. The van der Waals surface area contributed by atoms with Gasteiger partial charge in [-0.15, -0.1) is 0 Å². The minimum absolute atomic E-state index is 0.00253. The molecule has 1 fully saturated rings. The maximum Gasteiger partial charge on any atom is 0.246 e. The van der Waals surface area contributed by atoms with Crippen molar-refractivity contribution in [2.75, 3.05) is 26.2 Å². The van der Waals surface area contributed by atoms with E-state index in [1.165, 1.54) is 18.9 Å².